The van der Waals surface area contributed by atoms with Crippen molar-refractivity contribution in [2.75, 3.05) is 6.54 Å². The zero-order valence-electron chi connectivity index (χ0n) is 4.06. The molecule has 0 aromatic carbocycles. The number of rotatable bonds is 2. The molecule has 0 heterocycles. The second-order valence-corrected chi connectivity index (χ2v) is 1.18. The molecule has 0 N–H and O–H groups in total. The van der Waals surface area contributed by atoms with Gasteiger partial charge in [-0.05, 0) is 0 Å². The van der Waals surface area contributed by atoms with Crippen molar-refractivity contribution in [3.05, 3.63) is 12.2 Å². The molecule has 0 fully saturated rings. The Labute approximate surface area is 45.5 Å². The van der Waals surface area contributed by atoms with Gasteiger partial charge in [-0.2, -0.15) is 5.26 Å². The molecule has 0 spiro atoms. The van der Waals surface area contributed by atoms with Crippen molar-refractivity contribution in [3.63, 3.8) is 0 Å². The summed E-state index contributed by atoms with van der Waals surface area (Å²) in [5.41, 5.74) is -0.144. The van der Waals surface area contributed by atoms with Gasteiger partial charge in [0.1, 0.15) is 0 Å². The van der Waals surface area contributed by atoms with Crippen LogP contribution in [-0.4, -0.2) is 11.9 Å². The molecule has 0 aliphatic heterocycles. The molecule has 0 aromatic rings. The first kappa shape index (κ1) is 7.05. The average molecular weight is 118 g/mol. The van der Waals surface area contributed by atoms with Crippen molar-refractivity contribution in [2.24, 2.45) is 0 Å². The van der Waals surface area contributed by atoms with Gasteiger partial charge in [0.15, 0.2) is 0 Å². The minimum absolute atomic E-state index is 0.144. The molecule has 0 amide bonds. The second kappa shape index (κ2) is 3.10. The van der Waals surface area contributed by atoms with Crippen LogP contribution in [0.2, 0.25) is 0 Å². The molecular weight excluding hydrogens is 114 g/mol. The molecule has 0 aromatic heterocycles. The van der Waals surface area contributed by atoms with Crippen molar-refractivity contribution < 1.29 is 8.96 Å². The highest BCUT2D eigenvalue weighted by Crippen LogP contribution is 1.94. The molecule has 4 heteroatoms. The van der Waals surface area contributed by atoms with Gasteiger partial charge in [0, 0.05) is 10.9 Å². The highest BCUT2D eigenvalue weighted by Gasteiger charge is 1.99. The molecule has 0 rings (SSSR count). The molecule has 0 unspecified atom stereocenters. The molecule has 2 nitrogen and oxygen atoms in total. The maximum absolute atomic E-state index is 11.1. The molecule has 8 heavy (non-hydrogen) atoms. The van der Waals surface area contributed by atoms with Crippen LogP contribution in [0.15, 0.2) is 12.2 Å². The minimum Gasteiger partial charge on any atom is -0.193 e. The van der Waals surface area contributed by atoms with Crippen LogP contribution in [0.4, 0.5) is 8.96 Å². The van der Waals surface area contributed by atoms with Crippen LogP contribution in [0.1, 0.15) is 0 Å². The summed E-state index contributed by atoms with van der Waals surface area (Å²) in [4.78, 5) is 0. The summed E-state index contributed by atoms with van der Waals surface area (Å²) in [5, 5.41) is 6.78. The quantitative estimate of drug-likeness (QED) is 0.401. The summed E-state index contributed by atoms with van der Waals surface area (Å²) in [5.74, 6) is 0. The van der Waals surface area contributed by atoms with Gasteiger partial charge in [0.2, 0.25) is 0 Å². The van der Waals surface area contributed by atoms with Crippen LogP contribution in [-0.2, 0) is 0 Å². The van der Waals surface area contributed by atoms with Gasteiger partial charge in [-0.3, -0.25) is 0 Å². The first-order valence-electron chi connectivity index (χ1n) is 1.84. The largest absolute Gasteiger partial charge is 0.193 e. The topological polar surface area (TPSA) is 27.0 Å². The van der Waals surface area contributed by atoms with E-state index in [1.54, 1.807) is 0 Å². The monoisotopic (exact) mass is 118 g/mol. The van der Waals surface area contributed by atoms with Gasteiger partial charge in [-0.25, -0.2) is 0 Å². The Hall–Kier alpha value is -0.950. The highest BCUT2D eigenvalue weighted by molar-refractivity contribution is 5.16. The Kier molecular flexibility index (Phi) is 2.74. The Balaban J connectivity index is 3.44. The summed E-state index contributed by atoms with van der Waals surface area (Å²) in [6.07, 6.45) is 0. The Bertz CT molecular complexity index is 124. The van der Waals surface area contributed by atoms with Gasteiger partial charge in [-0.15, -0.1) is 8.96 Å². The van der Waals surface area contributed by atoms with Gasteiger partial charge in [-0.1, -0.05) is 6.58 Å². The molecule has 0 aliphatic rings. The van der Waals surface area contributed by atoms with E-state index in [1.165, 1.54) is 6.07 Å². The lowest BCUT2D eigenvalue weighted by atomic mass is 10.3. The van der Waals surface area contributed by atoms with Crippen molar-refractivity contribution in [1.82, 2.24) is 5.34 Å². The van der Waals surface area contributed by atoms with E-state index in [0.717, 1.165) is 0 Å². The number of halogens is 2. The lowest BCUT2D eigenvalue weighted by Crippen LogP contribution is -2.03. The Morgan fingerprint density at radius 3 is 2.38 bits per heavy atom. The van der Waals surface area contributed by atoms with Gasteiger partial charge >= 0.3 is 0 Å². The van der Waals surface area contributed by atoms with Gasteiger partial charge in [0.05, 0.1) is 12.6 Å². The van der Waals surface area contributed by atoms with Gasteiger partial charge < -0.3 is 0 Å². The third-order valence-electron chi connectivity index (χ3n) is 0.468. The SMILES string of the molecule is C=C(C#N)CN(F)F. The third-order valence-corrected chi connectivity index (χ3v) is 0.468. The third kappa shape index (κ3) is 3.25. The van der Waals surface area contributed by atoms with E-state index in [2.05, 4.69) is 6.58 Å². The van der Waals surface area contributed by atoms with Crippen LogP contribution in [0.3, 0.4) is 0 Å². The molecule has 44 valence electrons. The van der Waals surface area contributed by atoms with Crippen LogP contribution in [0.25, 0.3) is 0 Å². The number of nitrogens with zero attached hydrogens (tertiary/aromatic N) is 2. The lowest BCUT2D eigenvalue weighted by molar-refractivity contribution is -0.143. The average Bonchev–Trinajstić information content (AvgIpc) is 1.65. The van der Waals surface area contributed by atoms with E-state index in [9.17, 15) is 8.96 Å². The zero-order valence-corrected chi connectivity index (χ0v) is 4.06. The summed E-state index contributed by atoms with van der Waals surface area (Å²) < 4.78 is 22.2. The first-order chi connectivity index (χ1) is 3.66. The Morgan fingerprint density at radius 2 is 2.25 bits per heavy atom. The van der Waals surface area contributed by atoms with E-state index in [1.807, 2.05) is 0 Å². The normalized spacial score (nSPS) is 8.75. The van der Waals surface area contributed by atoms with Crippen molar-refractivity contribution in [1.29, 1.82) is 5.26 Å². The maximum atomic E-state index is 11.1. The highest BCUT2D eigenvalue weighted by atomic mass is 19.4. The standard InChI is InChI=1S/C4H4F2N2/c1-4(2-7)3-8(5)6/h1,3H2. The minimum atomic E-state index is -1.09. The molecular formula is C4H4F2N2. The predicted octanol–water partition coefficient (Wildman–Crippen LogP) is 1.14. The van der Waals surface area contributed by atoms with E-state index in [4.69, 9.17) is 5.26 Å². The van der Waals surface area contributed by atoms with E-state index >= 15 is 0 Å². The number of nitriles is 1. The molecule has 0 atom stereocenters. The zero-order chi connectivity index (χ0) is 6.57. The van der Waals surface area contributed by atoms with E-state index in [-0.39, 0.29) is 5.57 Å². The molecule has 0 radical (unpaired) electrons. The Morgan fingerprint density at radius 1 is 1.75 bits per heavy atom. The number of hydrogen-bond donors (Lipinski definition) is 0. The lowest BCUT2D eigenvalue weighted by Gasteiger charge is -1.93. The molecule has 0 aliphatic carbocycles. The fourth-order valence-corrected chi connectivity index (χ4v) is 0.180. The van der Waals surface area contributed by atoms with Crippen molar-refractivity contribution in [3.8, 4) is 6.07 Å². The van der Waals surface area contributed by atoms with E-state index in [0.29, 0.717) is 0 Å². The summed E-state index contributed by atoms with van der Waals surface area (Å²) in [6.45, 7) is 2.36. The second-order valence-electron chi connectivity index (χ2n) is 1.18. The summed E-state index contributed by atoms with van der Waals surface area (Å²) in [7, 11) is 0. The van der Waals surface area contributed by atoms with Crippen LogP contribution in [0, 0.1) is 11.3 Å². The summed E-state index contributed by atoms with van der Waals surface area (Å²) >= 11 is 0. The number of hydrogen-bond acceptors (Lipinski definition) is 2. The van der Waals surface area contributed by atoms with Crippen LogP contribution in [0.5, 0.6) is 0 Å². The maximum Gasteiger partial charge on any atom is 0.0964 e. The van der Waals surface area contributed by atoms with Crippen LogP contribution < -0.4 is 0 Å². The smallest absolute Gasteiger partial charge is 0.0964 e. The molecule has 0 bridgehead atoms. The first-order valence-corrected chi connectivity index (χ1v) is 1.84. The summed E-state index contributed by atoms with van der Waals surface area (Å²) in [6, 6.07) is 1.48. The van der Waals surface area contributed by atoms with Crippen molar-refractivity contribution >= 4 is 0 Å². The fourth-order valence-electron chi connectivity index (χ4n) is 0.180. The van der Waals surface area contributed by atoms with Gasteiger partial charge in [0.25, 0.3) is 0 Å². The molecule has 0 saturated carbocycles. The van der Waals surface area contributed by atoms with Crippen molar-refractivity contribution in [2.45, 2.75) is 0 Å². The van der Waals surface area contributed by atoms with Crippen LogP contribution >= 0.6 is 0 Å². The fraction of sp³-hybridized carbons (Fsp3) is 0.250. The molecule has 0 saturated heterocycles. The van der Waals surface area contributed by atoms with E-state index < -0.39 is 11.9 Å². The predicted molar refractivity (Wildman–Crippen MR) is 23.7 cm³/mol.